The molecule has 0 saturated heterocycles. The molecule has 0 fully saturated rings. The number of rotatable bonds is 0. The van der Waals surface area contributed by atoms with E-state index in [1.54, 1.807) is 0 Å². The first-order valence-corrected chi connectivity index (χ1v) is 4.41. The van der Waals surface area contributed by atoms with Crippen LogP contribution in [0.2, 0.25) is 0 Å². The molecular formula is C14H8O2. The third kappa shape index (κ3) is 1.07. The number of hydrogen-bond donors (Lipinski definition) is 0. The highest BCUT2D eigenvalue weighted by Crippen LogP contribution is 2.26. The second kappa shape index (κ2) is 3.14. The fourth-order valence-corrected chi connectivity index (χ4v) is 1.56. The summed E-state index contributed by atoms with van der Waals surface area (Å²) in [6, 6.07) is -5.59. The SMILES string of the molecule is [2H]c1c([2H])c([2H])c2c(c1[2H])C(=O)c1c([2H])c([2H])c([2H])c([2H])c1C2=O. The largest absolute Gasteiger partial charge is 0.289 e. The van der Waals surface area contributed by atoms with Crippen LogP contribution in [0.1, 0.15) is 42.8 Å². The zero-order valence-electron chi connectivity index (χ0n) is 15.8. The number of carbonyl (C=O) groups excluding carboxylic acids is 2. The Morgan fingerprint density at radius 1 is 0.625 bits per heavy atom. The van der Waals surface area contributed by atoms with Crippen LogP contribution in [-0.2, 0) is 0 Å². The van der Waals surface area contributed by atoms with Crippen LogP contribution >= 0.6 is 0 Å². The van der Waals surface area contributed by atoms with Gasteiger partial charge in [0.25, 0.3) is 0 Å². The Kier molecular flexibility index (Phi) is 0.780. The Bertz CT molecular complexity index is 827. The Morgan fingerprint density at radius 3 is 1.12 bits per heavy atom. The molecule has 0 amide bonds. The van der Waals surface area contributed by atoms with Crippen molar-refractivity contribution in [2.75, 3.05) is 0 Å². The average Bonchev–Trinajstić information content (AvgIpc) is 2.55. The van der Waals surface area contributed by atoms with Crippen LogP contribution < -0.4 is 0 Å². The first-order chi connectivity index (χ1) is 11.1. The van der Waals surface area contributed by atoms with Gasteiger partial charge in [-0.2, -0.15) is 0 Å². The van der Waals surface area contributed by atoms with Crippen LogP contribution in [0.5, 0.6) is 0 Å². The molecule has 0 bridgehead atoms. The van der Waals surface area contributed by atoms with Gasteiger partial charge in [0.1, 0.15) is 0 Å². The Hall–Kier alpha value is -2.22. The molecular weight excluding hydrogens is 200 g/mol. The first kappa shape index (κ1) is 3.98. The number of ketones is 2. The highest BCUT2D eigenvalue weighted by atomic mass is 16.1. The van der Waals surface area contributed by atoms with Crippen molar-refractivity contribution in [3.63, 3.8) is 0 Å². The third-order valence-corrected chi connectivity index (χ3v) is 2.28. The maximum absolute atomic E-state index is 12.7. The summed E-state index contributed by atoms with van der Waals surface area (Å²) in [5.41, 5.74) is -2.26. The lowest BCUT2D eigenvalue weighted by Crippen LogP contribution is -2.20. The third-order valence-electron chi connectivity index (χ3n) is 2.28. The van der Waals surface area contributed by atoms with Crippen LogP contribution in [0, 0.1) is 0 Å². The van der Waals surface area contributed by atoms with E-state index in [0.717, 1.165) is 0 Å². The maximum Gasteiger partial charge on any atom is 0.194 e. The quantitative estimate of drug-likeness (QED) is 0.578. The van der Waals surface area contributed by atoms with E-state index in [1.165, 1.54) is 0 Å². The molecule has 1 aliphatic carbocycles. The standard InChI is InChI=1S/C14H8O2/c15-13-9-5-1-2-6-10(9)14(16)12-8-4-3-7-11(12)13/h1-8H/i1D,2D,3D,4D,5D,6D,7D,8D. The van der Waals surface area contributed by atoms with Crippen molar-refractivity contribution in [3.05, 3.63) is 70.6 Å². The summed E-state index contributed by atoms with van der Waals surface area (Å²) in [7, 11) is 0. The summed E-state index contributed by atoms with van der Waals surface area (Å²) in [5, 5.41) is 0. The smallest absolute Gasteiger partial charge is 0.194 e. The predicted molar refractivity (Wildman–Crippen MR) is 59.7 cm³/mol. The van der Waals surface area contributed by atoms with Crippen LogP contribution in [0.3, 0.4) is 0 Å². The van der Waals surface area contributed by atoms with E-state index in [1.807, 2.05) is 0 Å². The van der Waals surface area contributed by atoms with Gasteiger partial charge in [0.15, 0.2) is 11.6 Å². The van der Waals surface area contributed by atoms with Gasteiger partial charge in [-0.3, -0.25) is 9.59 Å². The van der Waals surface area contributed by atoms with Gasteiger partial charge in [0, 0.05) is 22.3 Å². The molecule has 0 unspecified atom stereocenters. The van der Waals surface area contributed by atoms with Gasteiger partial charge >= 0.3 is 0 Å². The second-order valence-electron chi connectivity index (χ2n) is 3.16. The predicted octanol–water partition coefficient (Wildman–Crippen LogP) is 2.46. The highest BCUT2D eigenvalue weighted by Gasteiger charge is 2.28. The van der Waals surface area contributed by atoms with Crippen LogP contribution in [-0.4, -0.2) is 11.6 Å². The van der Waals surface area contributed by atoms with E-state index in [0.29, 0.717) is 0 Å². The number of fused-ring (bicyclic) bond motifs is 2. The van der Waals surface area contributed by atoms with Crippen molar-refractivity contribution in [2.24, 2.45) is 0 Å². The van der Waals surface area contributed by atoms with Crippen molar-refractivity contribution in [3.8, 4) is 0 Å². The molecule has 0 aliphatic heterocycles. The molecule has 0 radical (unpaired) electrons. The average molecular weight is 216 g/mol. The molecule has 0 N–H and O–H groups in total. The summed E-state index contributed by atoms with van der Waals surface area (Å²) < 4.78 is 61.9. The minimum Gasteiger partial charge on any atom is -0.289 e. The fourth-order valence-electron chi connectivity index (χ4n) is 1.56. The van der Waals surface area contributed by atoms with Crippen molar-refractivity contribution in [2.45, 2.75) is 0 Å². The zero-order valence-corrected chi connectivity index (χ0v) is 7.82. The molecule has 2 nitrogen and oxygen atoms in total. The van der Waals surface area contributed by atoms with E-state index in [2.05, 4.69) is 0 Å². The van der Waals surface area contributed by atoms with Crippen molar-refractivity contribution in [1.82, 2.24) is 0 Å². The molecule has 3 rings (SSSR count). The van der Waals surface area contributed by atoms with Gasteiger partial charge in [0.05, 0.1) is 11.0 Å². The molecule has 0 atom stereocenters. The summed E-state index contributed by atoms with van der Waals surface area (Å²) in [5.74, 6) is -2.03. The minimum absolute atomic E-state index is 0.566. The summed E-state index contributed by atoms with van der Waals surface area (Å²) in [6.07, 6.45) is 0. The normalized spacial score (nSPS) is 20.2. The number of carbonyl (C=O) groups is 2. The van der Waals surface area contributed by atoms with Crippen LogP contribution in [0.15, 0.2) is 48.3 Å². The molecule has 2 aromatic rings. The summed E-state index contributed by atoms with van der Waals surface area (Å²) in [6.45, 7) is 0. The molecule has 0 heterocycles. The van der Waals surface area contributed by atoms with E-state index >= 15 is 0 Å². The zero-order chi connectivity index (χ0) is 18.1. The minimum atomic E-state index is -1.02. The van der Waals surface area contributed by atoms with Gasteiger partial charge in [-0.25, -0.2) is 0 Å². The van der Waals surface area contributed by atoms with E-state index < -0.39 is 82.2 Å². The van der Waals surface area contributed by atoms with E-state index in [-0.39, 0.29) is 0 Å². The Morgan fingerprint density at radius 2 is 0.875 bits per heavy atom. The van der Waals surface area contributed by atoms with E-state index in [9.17, 15) is 9.59 Å². The van der Waals surface area contributed by atoms with Crippen molar-refractivity contribution >= 4 is 11.6 Å². The summed E-state index contributed by atoms with van der Waals surface area (Å²) >= 11 is 0. The van der Waals surface area contributed by atoms with Gasteiger partial charge in [-0.15, -0.1) is 0 Å². The lowest BCUT2D eigenvalue weighted by Gasteiger charge is -2.16. The topological polar surface area (TPSA) is 34.1 Å². The number of benzene rings is 2. The Labute approximate surface area is 104 Å². The Balaban J connectivity index is 2.53. The van der Waals surface area contributed by atoms with Gasteiger partial charge in [-0.05, 0) is 0 Å². The van der Waals surface area contributed by atoms with E-state index in [4.69, 9.17) is 11.0 Å². The lowest BCUT2D eigenvalue weighted by molar-refractivity contribution is 0.0979. The molecule has 2 heteroatoms. The maximum atomic E-state index is 12.7. The highest BCUT2D eigenvalue weighted by molar-refractivity contribution is 6.28. The molecule has 0 spiro atoms. The monoisotopic (exact) mass is 216 g/mol. The fraction of sp³-hybridized carbons (Fsp3) is 0. The molecule has 76 valence electrons. The molecule has 2 aromatic carbocycles. The van der Waals surface area contributed by atoms with Gasteiger partial charge < -0.3 is 0 Å². The molecule has 0 aromatic heterocycles. The molecule has 16 heavy (non-hydrogen) atoms. The molecule has 1 aliphatic rings. The van der Waals surface area contributed by atoms with Crippen molar-refractivity contribution < 1.29 is 20.6 Å². The van der Waals surface area contributed by atoms with Crippen molar-refractivity contribution in [1.29, 1.82) is 0 Å². The van der Waals surface area contributed by atoms with Gasteiger partial charge in [0.2, 0.25) is 0 Å². The van der Waals surface area contributed by atoms with Gasteiger partial charge in [-0.1, -0.05) is 48.3 Å². The first-order valence-electron chi connectivity index (χ1n) is 8.41. The number of hydrogen-bond acceptors (Lipinski definition) is 2. The lowest BCUT2D eigenvalue weighted by atomic mass is 9.84. The van der Waals surface area contributed by atoms with Crippen LogP contribution in [0.4, 0.5) is 0 Å². The van der Waals surface area contributed by atoms with Crippen LogP contribution in [0.25, 0.3) is 0 Å². The summed E-state index contributed by atoms with van der Waals surface area (Å²) in [4.78, 5) is 25.4. The molecule has 0 saturated carbocycles. The second-order valence-corrected chi connectivity index (χ2v) is 3.16.